The maximum Gasteiger partial charge on any atom is 0.0686 e. The molecule has 0 amide bonds. The van der Waals surface area contributed by atoms with E-state index in [1.54, 1.807) is 0 Å². The summed E-state index contributed by atoms with van der Waals surface area (Å²) in [7, 11) is 0. The Balaban J connectivity index is 1.66. The van der Waals surface area contributed by atoms with E-state index in [4.69, 9.17) is 5.73 Å². The normalized spacial score (nSPS) is 41.5. The molecule has 3 N–H and O–H groups in total. The van der Waals surface area contributed by atoms with Crippen molar-refractivity contribution >= 4 is 0 Å². The second-order valence-electron chi connectivity index (χ2n) is 7.01. The van der Waals surface area contributed by atoms with Crippen LogP contribution < -0.4 is 5.73 Å². The molecule has 4 aliphatic carbocycles. The molecule has 4 fully saturated rings. The first-order chi connectivity index (χ1) is 8.77. The standard InChI is InChI=1S/C15H23N3/c16-2-1-13-6-14(18-17-13)15-7-10-3-11(8-15)5-12(4-10)9-15/h6,10-12H,1-5,7-9,16H2,(H,17,18). The van der Waals surface area contributed by atoms with E-state index in [-0.39, 0.29) is 0 Å². The van der Waals surface area contributed by atoms with Crippen molar-refractivity contribution in [1.82, 2.24) is 10.2 Å². The Labute approximate surface area is 109 Å². The van der Waals surface area contributed by atoms with Crippen LogP contribution in [0.25, 0.3) is 0 Å². The molecule has 1 heterocycles. The van der Waals surface area contributed by atoms with Crippen LogP contribution in [0.5, 0.6) is 0 Å². The molecule has 0 spiro atoms. The molecule has 0 aromatic carbocycles. The lowest BCUT2D eigenvalue weighted by atomic mass is 9.49. The molecule has 18 heavy (non-hydrogen) atoms. The van der Waals surface area contributed by atoms with Crippen LogP contribution in [0.3, 0.4) is 0 Å². The summed E-state index contributed by atoms with van der Waals surface area (Å²) < 4.78 is 0. The Bertz CT molecular complexity index is 413. The van der Waals surface area contributed by atoms with Crippen LogP contribution in [0.4, 0.5) is 0 Å². The fourth-order valence-corrected chi connectivity index (χ4v) is 5.34. The van der Waals surface area contributed by atoms with Crippen molar-refractivity contribution in [2.75, 3.05) is 6.54 Å². The average molecular weight is 245 g/mol. The van der Waals surface area contributed by atoms with E-state index in [9.17, 15) is 0 Å². The van der Waals surface area contributed by atoms with Gasteiger partial charge in [0, 0.05) is 17.5 Å². The maximum absolute atomic E-state index is 5.63. The minimum Gasteiger partial charge on any atom is -0.330 e. The van der Waals surface area contributed by atoms with E-state index in [2.05, 4.69) is 16.3 Å². The van der Waals surface area contributed by atoms with Crippen molar-refractivity contribution in [1.29, 1.82) is 0 Å². The molecule has 1 aromatic rings. The number of aromatic nitrogens is 2. The first-order valence-corrected chi connectivity index (χ1v) is 7.52. The molecule has 0 atom stereocenters. The summed E-state index contributed by atoms with van der Waals surface area (Å²) in [4.78, 5) is 0. The van der Waals surface area contributed by atoms with Crippen molar-refractivity contribution in [2.45, 2.75) is 50.4 Å². The average Bonchev–Trinajstić information content (AvgIpc) is 2.77. The second-order valence-corrected chi connectivity index (χ2v) is 7.01. The molecule has 4 aliphatic rings. The van der Waals surface area contributed by atoms with Gasteiger partial charge in [0.1, 0.15) is 0 Å². The Morgan fingerprint density at radius 2 is 1.78 bits per heavy atom. The molecule has 0 unspecified atom stereocenters. The summed E-state index contributed by atoms with van der Waals surface area (Å²) in [6, 6.07) is 2.31. The highest BCUT2D eigenvalue weighted by Gasteiger charge is 2.52. The van der Waals surface area contributed by atoms with Gasteiger partial charge in [0.05, 0.1) is 5.69 Å². The molecule has 3 heteroatoms. The molecular formula is C15H23N3. The van der Waals surface area contributed by atoms with Gasteiger partial charge in [0.25, 0.3) is 0 Å². The van der Waals surface area contributed by atoms with Crippen LogP contribution in [0.15, 0.2) is 6.07 Å². The van der Waals surface area contributed by atoms with Crippen molar-refractivity contribution in [3.8, 4) is 0 Å². The maximum atomic E-state index is 5.63. The summed E-state index contributed by atoms with van der Waals surface area (Å²) >= 11 is 0. The minimum absolute atomic E-state index is 0.429. The Morgan fingerprint density at radius 1 is 1.17 bits per heavy atom. The third-order valence-corrected chi connectivity index (χ3v) is 5.63. The predicted molar refractivity (Wildman–Crippen MR) is 71.2 cm³/mol. The molecule has 0 aliphatic heterocycles. The lowest BCUT2D eigenvalue weighted by molar-refractivity contribution is -0.00722. The molecule has 4 bridgehead atoms. The summed E-state index contributed by atoms with van der Waals surface area (Å²) in [5, 5.41) is 7.85. The number of nitrogens with zero attached hydrogens (tertiary/aromatic N) is 1. The zero-order valence-electron chi connectivity index (χ0n) is 11.0. The van der Waals surface area contributed by atoms with Crippen LogP contribution in [0.2, 0.25) is 0 Å². The third kappa shape index (κ3) is 1.56. The Morgan fingerprint density at radius 3 is 2.33 bits per heavy atom. The van der Waals surface area contributed by atoms with Gasteiger partial charge in [-0.05, 0) is 68.9 Å². The van der Waals surface area contributed by atoms with Crippen LogP contribution >= 0.6 is 0 Å². The fourth-order valence-electron chi connectivity index (χ4n) is 5.34. The SMILES string of the molecule is NCCc1cc(C23CC4CC(CC(C4)C2)C3)n[nH]1. The van der Waals surface area contributed by atoms with E-state index >= 15 is 0 Å². The number of hydrogen-bond donors (Lipinski definition) is 2. The fraction of sp³-hybridized carbons (Fsp3) is 0.800. The number of rotatable bonds is 3. The largest absolute Gasteiger partial charge is 0.330 e. The quantitative estimate of drug-likeness (QED) is 0.859. The molecule has 3 nitrogen and oxygen atoms in total. The highest BCUT2D eigenvalue weighted by molar-refractivity contribution is 5.24. The summed E-state index contributed by atoms with van der Waals surface area (Å²) in [6.07, 6.45) is 9.61. The zero-order valence-corrected chi connectivity index (χ0v) is 11.0. The molecule has 0 saturated heterocycles. The number of nitrogens with two attached hydrogens (primary N) is 1. The van der Waals surface area contributed by atoms with Crippen LogP contribution in [0, 0.1) is 17.8 Å². The van der Waals surface area contributed by atoms with Gasteiger partial charge in [0.15, 0.2) is 0 Å². The molecule has 0 radical (unpaired) electrons. The molecular weight excluding hydrogens is 222 g/mol. The number of hydrogen-bond acceptors (Lipinski definition) is 2. The van der Waals surface area contributed by atoms with Gasteiger partial charge in [0.2, 0.25) is 0 Å². The zero-order chi connectivity index (χ0) is 12.2. The number of aromatic amines is 1. The van der Waals surface area contributed by atoms with Crippen molar-refractivity contribution in [3.05, 3.63) is 17.5 Å². The van der Waals surface area contributed by atoms with Crippen molar-refractivity contribution in [2.24, 2.45) is 23.5 Å². The number of H-pyrrole nitrogens is 1. The second kappa shape index (κ2) is 3.83. The van der Waals surface area contributed by atoms with Crippen molar-refractivity contribution < 1.29 is 0 Å². The first kappa shape index (κ1) is 11.0. The smallest absolute Gasteiger partial charge is 0.0686 e. The van der Waals surface area contributed by atoms with Gasteiger partial charge >= 0.3 is 0 Å². The summed E-state index contributed by atoms with van der Waals surface area (Å²) in [6.45, 7) is 0.711. The highest BCUT2D eigenvalue weighted by atomic mass is 15.1. The molecule has 4 saturated carbocycles. The first-order valence-electron chi connectivity index (χ1n) is 7.52. The van der Waals surface area contributed by atoms with E-state index in [0.29, 0.717) is 12.0 Å². The molecule has 5 rings (SSSR count). The highest BCUT2D eigenvalue weighted by Crippen LogP contribution is 2.60. The van der Waals surface area contributed by atoms with E-state index in [1.807, 2.05) is 0 Å². The minimum atomic E-state index is 0.429. The third-order valence-electron chi connectivity index (χ3n) is 5.63. The van der Waals surface area contributed by atoms with Gasteiger partial charge in [-0.25, -0.2) is 0 Å². The van der Waals surface area contributed by atoms with E-state index in [0.717, 1.165) is 24.2 Å². The van der Waals surface area contributed by atoms with Crippen LogP contribution in [-0.4, -0.2) is 16.7 Å². The van der Waals surface area contributed by atoms with Gasteiger partial charge in [-0.2, -0.15) is 5.10 Å². The van der Waals surface area contributed by atoms with Crippen LogP contribution in [-0.2, 0) is 11.8 Å². The van der Waals surface area contributed by atoms with Crippen LogP contribution in [0.1, 0.15) is 49.9 Å². The van der Waals surface area contributed by atoms with E-state index < -0.39 is 0 Å². The van der Waals surface area contributed by atoms with Gasteiger partial charge < -0.3 is 5.73 Å². The van der Waals surface area contributed by atoms with Crippen molar-refractivity contribution in [3.63, 3.8) is 0 Å². The Kier molecular flexibility index (Phi) is 2.35. The number of nitrogens with one attached hydrogen (secondary N) is 1. The monoisotopic (exact) mass is 245 g/mol. The molecule has 1 aromatic heterocycles. The Hall–Kier alpha value is -0.830. The van der Waals surface area contributed by atoms with E-state index in [1.165, 1.54) is 49.9 Å². The predicted octanol–water partition coefficient (Wildman–Crippen LogP) is 2.38. The molecule has 98 valence electrons. The summed E-state index contributed by atoms with van der Waals surface area (Å²) in [5.74, 6) is 2.97. The summed E-state index contributed by atoms with van der Waals surface area (Å²) in [5.41, 5.74) is 8.63. The van der Waals surface area contributed by atoms with Gasteiger partial charge in [-0.3, -0.25) is 5.10 Å². The lowest BCUT2D eigenvalue weighted by Crippen LogP contribution is -2.48. The lowest BCUT2D eigenvalue weighted by Gasteiger charge is -2.56. The van der Waals surface area contributed by atoms with Gasteiger partial charge in [-0.1, -0.05) is 0 Å². The topological polar surface area (TPSA) is 54.7 Å². The van der Waals surface area contributed by atoms with Gasteiger partial charge in [-0.15, -0.1) is 0 Å².